The maximum atomic E-state index is 11.5. The molecule has 0 N–H and O–H groups in total. The van der Waals surface area contributed by atoms with Crippen LogP contribution in [-0.2, 0) is 4.74 Å². The zero-order valence-electron chi connectivity index (χ0n) is 10.3. The molecule has 8 nitrogen and oxygen atoms in total. The molecule has 0 spiro atoms. The van der Waals surface area contributed by atoms with E-state index < -0.39 is 10.9 Å². The van der Waals surface area contributed by atoms with Gasteiger partial charge < -0.3 is 4.74 Å². The SMILES string of the molecule is COC(=O)c1ccc([N+](=O)[O-])c(-n2ccnc2C#N)c1. The van der Waals surface area contributed by atoms with Gasteiger partial charge in [0.15, 0.2) is 0 Å². The number of aromatic nitrogens is 2. The molecule has 0 bridgehead atoms. The number of hydrogen-bond acceptors (Lipinski definition) is 6. The molecule has 20 heavy (non-hydrogen) atoms. The van der Waals surface area contributed by atoms with Crippen molar-refractivity contribution in [3.63, 3.8) is 0 Å². The van der Waals surface area contributed by atoms with Crippen molar-refractivity contribution in [3.8, 4) is 11.8 Å². The predicted molar refractivity (Wildman–Crippen MR) is 66.3 cm³/mol. The zero-order valence-corrected chi connectivity index (χ0v) is 10.3. The number of rotatable bonds is 3. The molecule has 0 unspecified atom stereocenters. The molecule has 0 radical (unpaired) electrons. The van der Waals surface area contributed by atoms with Gasteiger partial charge in [-0.3, -0.25) is 14.7 Å². The molecular weight excluding hydrogens is 264 g/mol. The number of nitriles is 1. The number of imidazole rings is 1. The molecule has 0 fully saturated rings. The lowest BCUT2D eigenvalue weighted by Crippen LogP contribution is -2.06. The Morgan fingerprint density at radius 2 is 2.30 bits per heavy atom. The molecule has 0 aliphatic rings. The summed E-state index contributed by atoms with van der Waals surface area (Å²) in [5.74, 6) is -0.644. The maximum Gasteiger partial charge on any atom is 0.337 e. The molecular formula is C12H8N4O4. The smallest absolute Gasteiger partial charge is 0.337 e. The molecule has 0 saturated carbocycles. The van der Waals surface area contributed by atoms with Crippen LogP contribution in [0.5, 0.6) is 0 Å². The van der Waals surface area contributed by atoms with Crippen LogP contribution in [0.25, 0.3) is 5.69 Å². The van der Waals surface area contributed by atoms with Gasteiger partial charge in [0.05, 0.1) is 17.6 Å². The largest absolute Gasteiger partial charge is 0.465 e. The highest BCUT2D eigenvalue weighted by Gasteiger charge is 2.20. The van der Waals surface area contributed by atoms with E-state index in [2.05, 4.69) is 9.72 Å². The lowest BCUT2D eigenvalue weighted by molar-refractivity contribution is -0.384. The molecule has 1 aromatic carbocycles. The Morgan fingerprint density at radius 1 is 1.55 bits per heavy atom. The van der Waals surface area contributed by atoms with Crippen molar-refractivity contribution in [3.05, 3.63) is 52.1 Å². The Balaban J connectivity index is 2.68. The highest BCUT2D eigenvalue weighted by atomic mass is 16.6. The first-order chi connectivity index (χ1) is 9.58. The molecule has 2 rings (SSSR count). The number of nitrogens with zero attached hydrogens (tertiary/aromatic N) is 4. The average Bonchev–Trinajstić information content (AvgIpc) is 2.93. The van der Waals surface area contributed by atoms with Gasteiger partial charge in [-0.2, -0.15) is 5.26 Å². The van der Waals surface area contributed by atoms with Crippen LogP contribution >= 0.6 is 0 Å². The first-order valence-corrected chi connectivity index (χ1v) is 5.39. The molecule has 1 heterocycles. The molecule has 0 atom stereocenters. The number of carbonyl (C=O) groups excluding carboxylic acids is 1. The van der Waals surface area contributed by atoms with Crippen molar-refractivity contribution < 1.29 is 14.5 Å². The van der Waals surface area contributed by atoms with E-state index in [9.17, 15) is 14.9 Å². The number of nitro benzene ring substituents is 1. The zero-order chi connectivity index (χ0) is 14.7. The average molecular weight is 272 g/mol. The summed E-state index contributed by atoms with van der Waals surface area (Å²) in [5.41, 5.74) is -0.0233. The van der Waals surface area contributed by atoms with Gasteiger partial charge in [-0.25, -0.2) is 9.78 Å². The van der Waals surface area contributed by atoms with E-state index in [0.29, 0.717) is 0 Å². The van der Waals surface area contributed by atoms with Crippen molar-refractivity contribution in [2.45, 2.75) is 0 Å². The fourth-order valence-corrected chi connectivity index (χ4v) is 1.70. The van der Waals surface area contributed by atoms with Crippen LogP contribution in [0.2, 0.25) is 0 Å². The first-order valence-electron chi connectivity index (χ1n) is 5.39. The van der Waals surface area contributed by atoms with Crippen LogP contribution in [-0.4, -0.2) is 27.6 Å². The monoisotopic (exact) mass is 272 g/mol. The second-order valence-corrected chi connectivity index (χ2v) is 3.68. The highest BCUT2D eigenvalue weighted by molar-refractivity contribution is 5.90. The van der Waals surface area contributed by atoms with Crippen LogP contribution in [0.1, 0.15) is 16.2 Å². The lowest BCUT2D eigenvalue weighted by atomic mass is 10.1. The number of ether oxygens (including phenoxy) is 1. The minimum absolute atomic E-state index is 0.0184. The maximum absolute atomic E-state index is 11.5. The molecule has 8 heteroatoms. The molecule has 0 aliphatic carbocycles. The van der Waals surface area contributed by atoms with Crippen LogP contribution in [0.4, 0.5) is 5.69 Å². The summed E-state index contributed by atoms with van der Waals surface area (Å²) in [7, 11) is 1.21. The topological polar surface area (TPSA) is 111 Å². The van der Waals surface area contributed by atoms with E-state index in [1.54, 1.807) is 0 Å². The Bertz CT molecular complexity index is 729. The van der Waals surface area contributed by atoms with Crippen LogP contribution in [0.3, 0.4) is 0 Å². The van der Waals surface area contributed by atoms with Crippen molar-refractivity contribution in [2.24, 2.45) is 0 Å². The van der Waals surface area contributed by atoms with Gasteiger partial charge in [-0.1, -0.05) is 0 Å². The Hall–Kier alpha value is -3.21. The van der Waals surface area contributed by atoms with Crippen molar-refractivity contribution in [1.29, 1.82) is 5.26 Å². The summed E-state index contributed by atoms with van der Waals surface area (Å²) in [6, 6.07) is 5.57. The van der Waals surface area contributed by atoms with Gasteiger partial charge in [0.25, 0.3) is 5.69 Å². The normalized spacial score (nSPS) is 9.80. The van der Waals surface area contributed by atoms with Gasteiger partial charge in [-0.05, 0) is 12.1 Å². The summed E-state index contributed by atoms with van der Waals surface area (Å²) >= 11 is 0. The third-order valence-electron chi connectivity index (χ3n) is 2.59. The van der Waals surface area contributed by atoms with E-state index >= 15 is 0 Å². The Morgan fingerprint density at radius 3 is 2.90 bits per heavy atom. The number of esters is 1. The fourth-order valence-electron chi connectivity index (χ4n) is 1.70. The molecule has 0 amide bonds. The van der Waals surface area contributed by atoms with Crippen molar-refractivity contribution >= 4 is 11.7 Å². The Labute approximate surface area is 113 Å². The molecule has 0 saturated heterocycles. The van der Waals surface area contributed by atoms with Crippen LogP contribution in [0.15, 0.2) is 30.6 Å². The van der Waals surface area contributed by atoms with Crippen molar-refractivity contribution in [1.82, 2.24) is 9.55 Å². The van der Waals surface area contributed by atoms with Gasteiger partial charge in [0, 0.05) is 18.5 Å². The summed E-state index contributed by atoms with van der Waals surface area (Å²) < 4.78 is 5.81. The van der Waals surface area contributed by atoms with Crippen LogP contribution < -0.4 is 0 Å². The number of hydrogen-bond donors (Lipinski definition) is 0. The van der Waals surface area contributed by atoms with Gasteiger partial charge in [0.1, 0.15) is 11.8 Å². The highest BCUT2D eigenvalue weighted by Crippen LogP contribution is 2.25. The number of nitro groups is 1. The van der Waals surface area contributed by atoms with E-state index in [0.717, 1.165) is 0 Å². The van der Waals surface area contributed by atoms with E-state index in [1.165, 1.54) is 42.3 Å². The van der Waals surface area contributed by atoms with E-state index in [1.807, 2.05) is 6.07 Å². The summed E-state index contributed by atoms with van der Waals surface area (Å²) in [6.45, 7) is 0. The summed E-state index contributed by atoms with van der Waals surface area (Å²) in [5, 5.41) is 20.0. The van der Waals surface area contributed by atoms with Gasteiger partial charge in [-0.15, -0.1) is 0 Å². The minimum atomic E-state index is -0.625. The second-order valence-electron chi connectivity index (χ2n) is 3.68. The third kappa shape index (κ3) is 2.20. The molecule has 1 aromatic heterocycles. The van der Waals surface area contributed by atoms with Crippen LogP contribution in [0, 0.1) is 21.4 Å². The lowest BCUT2D eigenvalue weighted by Gasteiger charge is -2.07. The quantitative estimate of drug-likeness (QED) is 0.474. The fraction of sp³-hybridized carbons (Fsp3) is 0.0833. The first kappa shape index (κ1) is 13.2. The minimum Gasteiger partial charge on any atom is -0.465 e. The molecule has 2 aromatic rings. The second kappa shape index (κ2) is 5.19. The Kier molecular flexibility index (Phi) is 3.43. The molecule has 0 aliphatic heterocycles. The number of carbonyl (C=O) groups is 1. The van der Waals surface area contributed by atoms with Crippen molar-refractivity contribution in [2.75, 3.05) is 7.11 Å². The number of benzene rings is 1. The number of methoxy groups -OCH3 is 1. The van der Waals surface area contributed by atoms with E-state index in [-0.39, 0.29) is 22.8 Å². The summed E-state index contributed by atoms with van der Waals surface area (Å²) in [6.07, 6.45) is 2.75. The summed E-state index contributed by atoms with van der Waals surface area (Å²) in [4.78, 5) is 25.7. The predicted octanol–water partition coefficient (Wildman–Crippen LogP) is 1.44. The third-order valence-corrected chi connectivity index (χ3v) is 2.59. The van der Waals surface area contributed by atoms with E-state index in [4.69, 9.17) is 5.26 Å². The standard InChI is InChI=1S/C12H8N4O4/c1-20-12(17)8-2-3-9(16(18)19)10(6-8)15-5-4-14-11(15)7-13/h2-6H,1H3. The molecule has 100 valence electrons. The van der Waals surface area contributed by atoms with Gasteiger partial charge in [0.2, 0.25) is 5.82 Å². The van der Waals surface area contributed by atoms with Gasteiger partial charge >= 0.3 is 5.97 Å².